The molecule has 96 valence electrons. The molecule has 6 heteroatoms. The number of methoxy groups -OCH3 is 1. The molecule has 2 heterocycles. The van der Waals surface area contributed by atoms with Gasteiger partial charge in [0.2, 0.25) is 0 Å². The van der Waals surface area contributed by atoms with E-state index in [0.29, 0.717) is 22.8 Å². The number of imidazole rings is 1. The molecule has 0 unspecified atom stereocenters. The van der Waals surface area contributed by atoms with Crippen LogP contribution in [0.3, 0.4) is 0 Å². The van der Waals surface area contributed by atoms with Crippen LogP contribution in [0.2, 0.25) is 0 Å². The van der Waals surface area contributed by atoms with Crippen LogP contribution >= 0.6 is 15.9 Å². The van der Waals surface area contributed by atoms with Gasteiger partial charge >= 0.3 is 0 Å². The Bertz CT molecular complexity index is 755. The van der Waals surface area contributed by atoms with Crippen molar-refractivity contribution in [3.8, 4) is 22.9 Å². The molecule has 2 N–H and O–H groups in total. The molecule has 3 aromatic rings. The molecule has 0 fully saturated rings. The number of phenols is 1. The van der Waals surface area contributed by atoms with E-state index in [1.807, 2.05) is 6.07 Å². The smallest absolute Gasteiger partial charge is 0.178 e. The molecule has 0 atom stereocenters. The van der Waals surface area contributed by atoms with Crippen LogP contribution in [0.5, 0.6) is 11.5 Å². The maximum absolute atomic E-state index is 10.1. The third-order valence-electron chi connectivity index (χ3n) is 2.78. The van der Waals surface area contributed by atoms with Gasteiger partial charge < -0.3 is 14.8 Å². The molecule has 1 aromatic carbocycles. The molecular formula is C13H10BrN3O2. The predicted molar refractivity (Wildman–Crippen MR) is 75.2 cm³/mol. The number of fused-ring (bicyclic) bond motifs is 1. The lowest BCUT2D eigenvalue weighted by Crippen LogP contribution is -1.87. The molecule has 5 nitrogen and oxygen atoms in total. The highest BCUT2D eigenvalue weighted by Crippen LogP contribution is 2.35. The van der Waals surface area contributed by atoms with Crippen LogP contribution in [0.1, 0.15) is 0 Å². The van der Waals surface area contributed by atoms with Crippen LogP contribution in [-0.2, 0) is 0 Å². The minimum absolute atomic E-state index is 0.0584. The van der Waals surface area contributed by atoms with Crippen molar-refractivity contribution in [3.63, 3.8) is 0 Å². The summed E-state index contributed by atoms with van der Waals surface area (Å²) in [5, 5.41) is 10.1. The fourth-order valence-electron chi connectivity index (χ4n) is 1.88. The summed E-state index contributed by atoms with van der Waals surface area (Å²) in [6, 6.07) is 7.14. The Morgan fingerprint density at radius 1 is 1.37 bits per heavy atom. The minimum Gasteiger partial charge on any atom is -0.504 e. The first kappa shape index (κ1) is 12.0. The lowest BCUT2D eigenvalue weighted by atomic mass is 10.2. The van der Waals surface area contributed by atoms with E-state index < -0.39 is 0 Å². The monoisotopic (exact) mass is 319 g/mol. The van der Waals surface area contributed by atoms with Crippen LogP contribution < -0.4 is 4.74 Å². The zero-order valence-corrected chi connectivity index (χ0v) is 11.6. The van der Waals surface area contributed by atoms with E-state index in [1.54, 1.807) is 24.4 Å². The Hall–Kier alpha value is -2.08. The van der Waals surface area contributed by atoms with E-state index in [1.165, 1.54) is 7.11 Å². The maximum atomic E-state index is 10.1. The number of halogens is 1. The molecular weight excluding hydrogens is 310 g/mol. The van der Waals surface area contributed by atoms with Gasteiger partial charge in [-0.2, -0.15) is 0 Å². The second kappa shape index (κ2) is 4.55. The fraction of sp³-hybridized carbons (Fsp3) is 0.0769. The zero-order chi connectivity index (χ0) is 13.4. The molecule has 0 aliphatic heterocycles. The Morgan fingerprint density at radius 2 is 2.21 bits per heavy atom. The van der Waals surface area contributed by atoms with Gasteiger partial charge in [0.25, 0.3) is 0 Å². The number of aromatic hydroxyl groups is 1. The Morgan fingerprint density at radius 3 is 3.00 bits per heavy atom. The highest BCUT2D eigenvalue weighted by atomic mass is 79.9. The van der Waals surface area contributed by atoms with Gasteiger partial charge in [0, 0.05) is 10.7 Å². The number of H-pyrrole nitrogens is 1. The summed E-state index contributed by atoms with van der Waals surface area (Å²) in [6.07, 6.45) is 1.68. The number of nitrogens with zero attached hydrogens (tertiary/aromatic N) is 2. The number of phenolic OH excluding ortho intramolecular Hbond substituents is 1. The minimum atomic E-state index is 0.0584. The summed E-state index contributed by atoms with van der Waals surface area (Å²) in [7, 11) is 1.51. The molecule has 0 bridgehead atoms. The first-order chi connectivity index (χ1) is 9.19. The normalized spacial score (nSPS) is 10.8. The van der Waals surface area contributed by atoms with Crippen molar-refractivity contribution in [1.29, 1.82) is 0 Å². The van der Waals surface area contributed by atoms with Crippen molar-refractivity contribution in [3.05, 3.63) is 34.9 Å². The van der Waals surface area contributed by atoms with E-state index in [0.717, 1.165) is 9.99 Å². The van der Waals surface area contributed by atoms with Gasteiger partial charge in [0.15, 0.2) is 17.1 Å². The van der Waals surface area contributed by atoms with Gasteiger partial charge in [-0.15, -0.1) is 0 Å². The van der Waals surface area contributed by atoms with Crippen LogP contribution in [0.4, 0.5) is 0 Å². The number of para-hydroxylation sites is 1. The zero-order valence-electron chi connectivity index (χ0n) is 10.0. The van der Waals surface area contributed by atoms with E-state index in [-0.39, 0.29) is 5.75 Å². The molecule has 0 saturated carbocycles. The van der Waals surface area contributed by atoms with Gasteiger partial charge in [0.05, 0.1) is 18.2 Å². The SMILES string of the molecule is COc1cccc(-c2nc3ncc(Br)cc3[nH]2)c1O. The van der Waals surface area contributed by atoms with Gasteiger partial charge in [-0.05, 0) is 34.1 Å². The van der Waals surface area contributed by atoms with E-state index >= 15 is 0 Å². The highest BCUT2D eigenvalue weighted by molar-refractivity contribution is 9.10. The lowest BCUT2D eigenvalue weighted by molar-refractivity contribution is 0.374. The van der Waals surface area contributed by atoms with Crippen molar-refractivity contribution in [2.45, 2.75) is 0 Å². The van der Waals surface area contributed by atoms with Gasteiger partial charge in [-0.3, -0.25) is 0 Å². The van der Waals surface area contributed by atoms with Crippen molar-refractivity contribution in [1.82, 2.24) is 15.0 Å². The topological polar surface area (TPSA) is 71.0 Å². The van der Waals surface area contributed by atoms with Crippen molar-refractivity contribution in [2.75, 3.05) is 7.11 Å². The maximum Gasteiger partial charge on any atom is 0.178 e. The number of ether oxygens (including phenoxy) is 1. The van der Waals surface area contributed by atoms with Crippen LogP contribution in [0.15, 0.2) is 34.9 Å². The number of hydrogen-bond donors (Lipinski definition) is 2. The Kier molecular flexibility index (Phi) is 2.87. The van der Waals surface area contributed by atoms with Crippen LogP contribution in [0, 0.1) is 0 Å². The number of hydrogen-bond acceptors (Lipinski definition) is 4. The van der Waals surface area contributed by atoms with E-state index in [2.05, 4.69) is 30.9 Å². The third-order valence-corrected chi connectivity index (χ3v) is 3.21. The van der Waals surface area contributed by atoms with E-state index in [9.17, 15) is 5.11 Å². The second-order valence-electron chi connectivity index (χ2n) is 3.97. The highest BCUT2D eigenvalue weighted by Gasteiger charge is 2.13. The summed E-state index contributed by atoms with van der Waals surface area (Å²) in [5.74, 6) is 1.02. The summed E-state index contributed by atoms with van der Waals surface area (Å²) >= 11 is 3.36. The first-order valence-electron chi connectivity index (χ1n) is 5.56. The molecule has 0 amide bonds. The predicted octanol–water partition coefficient (Wildman–Crippen LogP) is 3.10. The summed E-state index contributed by atoms with van der Waals surface area (Å²) in [5.41, 5.74) is 1.97. The summed E-state index contributed by atoms with van der Waals surface area (Å²) in [4.78, 5) is 11.7. The first-order valence-corrected chi connectivity index (χ1v) is 6.36. The van der Waals surface area contributed by atoms with Gasteiger partial charge in [-0.1, -0.05) is 6.07 Å². The van der Waals surface area contributed by atoms with Crippen molar-refractivity contribution < 1.29 is 9.84 Å². The average Bonchev–Trinajstić information content (AvgIpc) is 2.81. The van der Waals surface area contributed by atoms with Crippen LogP contribution in [0.25, 0.3) is 22.6 Å². The third kappa shape index (κ3) is 2.04. The number of pyridine rings is 1. The number of aromatic nitrogens is 3. The number of aromatic amines is 1. The molecule has 2 aromatic heterocycles. The van der Waals surface area contributed by atoms with Crippen LogP contribution in [-0.4, -0.2) is 27.2 Å². The molecule has 0 aliphatic carbocycles. The number of benzene rings is 1. The molecule has 0 radical (unpaired) electrons. The van der Waals surface area contributed by atoms with Gasteiger partial charge in [-0.25, -0.2) is 9.97 Å². The Labute approximate surface area is 117 Å². The van der Waals surface area contributed by atoms with Crippen molar-refractivity contribution >= 4 is 27.1 Å². The molecule has 0 spiro atoms. The second-order valence-corrected chi connectivity index (χ2v) is 4.88. The van der Waals surface area contributed by atoms with Crippen molar-refractivity contribution in [2.24, 2.45) is 0 Å². The largest absolute Gasteiger partial charge is 0.504 e. The van der Waals surface area contributed by atoms with E-state index in [4.69, 9.17) is 4.74 Å². The Balaban J connectivity index is 2.19. The van der Waals surface area contributed by atoms with Gasteiger partial charge in [0.1, 0.15) is 5.82 Å². The molecule has 19 heavy (non-hydrogen) atoms. The molecule has 3 rings (SSSR count). The average molecular weight is 320 g/mol. The summed E-state index contributed by atoms with van der Waals surface area (Å²) < 4.78 is 5.95. The number of rotatable bonds is 2. The summed E-state index contributed by atoms with van der Waals surface area (Å²) in [6.45, 7) is 0. The quantitative estimate of drug-likeness (QED) is 0.761. The lowest BCUT2D eigenvalue weighted by Gasteiger charge is -2.06. The standard InChI is InChI=1S/C13H10BrN3O2/c1-19-10-4-2-3-8(11(10)18)12-16-9-5-7(14)6-15-13(9)17-12/h2-6,18H,1H3,(H,15,16,17). The molecule has 0 saturated heterocycles. The number of nitrogens with one attached hydrogen (secondary N) is 1. The fourth-order valence-corrected chi connectivity index (χ4v) is 2.21. The molecule has 0 aliphatic rings.